The summed E-state index contributed by atoms with van der Waals surface area (Å²) in [6.07, 6.45) is 0.663. The summed E-state index contributed by atoms with van der Waals surface area (Å²) in [5.41, 5.74) is 8.30. The molecular weight excluding hydrogens is 361 g/mol. The van der Waals surface area contributed by atoms with Gasteiger partial charge in [-0.2, -0.15) is 0 Å². The van der Waals surface area contributed by atoms with Crippen LogP contribution in [0.4, 0.5) is 10.1 Å². The largest absolute Gasteiger partial charge is 0.331 e. The standard InChI is InChI=1S/C18H19ClFN3OS/c1-3-12-7-4-6-11(2)17(12)21-18(25)23-22-16(24)10-13-14(19)8-5-9-15(13)20/h4-9H,3,10H2,1-2H3,(H,22,24)(H2,21,23,25). The molecule has 1 amide bonds. The van der Waals surface area contributed by atoms with Crippen molar-refractivity contribution in [3.05, 3.63) is 63.9 Å². The molecule has 0 spiro atoms. The Hall–Kier alpha value is -2.18. The molecule has 2 aromatic carbocycles. The van der Waals surface area contributed by atoms with Crippen molar-refractivity contribution in [3.8, 4) is 0 Å². The molecule has 0 atom stereocenters. The zero-order chi connectivity index (χ0) is 18.4. The van der Waals surface area contributed by atoms with Gasteiger partial charge < -0.3 is 5.32 Å². The van der Waals surface area contributed by atoms with Gasteiger partial charge in [-0.3, -0.25) is 15.6 Å². The molecule has 0 unspecified atom stereocenters. The first-order valence-corrected chi connectivity index (χ1v) is 8.58. The number of benzene rings is 2. The van der Waals surface area contributed by atoms with Crippen molar-refractivity contribution in [1.82, 2.24) is 10.9 Å². The summed E-state index contributed by atoms with van der Waals surface area (Å²) >= 11 is 11.1. The maximum absolute atomic E-state index is 13.7. The maximum Gasteiger partial charge on any atom is 0.242 e. The van der Waals surface area contributed by atoms with Crippen molar-refractivity contribution in [2.45, 2.75) is 26.7 Å². The highest BCUT2D eigenvalue weighted by molar-refractivity contribution is 7.80. The van der Waals surface area contributed by atoms with Gasteiger partial charge in [0, 0.05) is 16.3 Å². The zero-order valence-corrected chi connectivity index (χ0v) is 15.5. The molecule has 0 heterocycles. The molecule has 0 saturated carbocycles. The van der Waals surface area contributed by atoms with E-state index in [0.717, 1.165) is 23.2 Å². The van der Waals surface area contributed by atoms with E-state index in [9.17, 15) is 9.18 Å². The number of carbonyl (C=O) groups excluding carboxylic acids is 1. The van der Waals surface area contributed by atoms with Crippen LogP contribution in [-0.2, 0) is 17.6 Å². The molecule has 0 aliphatic heterocycles. The lowest BCUT2D eigenvalue weighted by molar-refractivity contribution is -0.121. The maximum atomic E-state index is 13.7. The lowest BCUT2D eigenvalue weighted by Gasteiger charge is -2.16. The number of rotatable bonds is 4. The topological polar surface area (TPSA) is 53.2 Å². The van der Waals surface area contributed by atoms with Crippen LogP contribution in [0.5, 0.6) is 0 Å². The van der Waals surface area contributed by atoms with Gasteiger partial charge in [-0.05, 0) is 48.8 Å². The Labute approximate surface area is 156 Å². The first-order chi connectivity index (χ1) is 11.9. The van der Waals surface area contributed by atoms with Crippen molar-refractivity contribution >= 4 is 40.5 Å². The number of para-hydroxylation sites is 1. The molecule has 0 aliphatic rings. The monoisotopic (exact) mass is 379 g/mol. The van der Waals surface area contributed by atoms with Crippen molar-refractivity contribution < 1.29 is 9.18 Å². The number of hydrazine groups is 1. The zero-order valence-electron chi connectivity index (χ0n) is 14.0. The molecular formula is C18H19ClFN3OS. The average Bonchev–Trinajstić information content (AvgIpc) is 2.58. The minimum absolute atomic E-state index is 0.148. The third-order valence-corrected chi connectivity index (χ3v) is 4.25. The van der Waals surface area contributed by atoms with Crippen LogP contribution in [0.2, 0.25) is 5.02 Å². The molecule has 0 bridgehead atoms. The van der Waals surface area contributed by atoms with Crippen LogP contribution in [-0.4, -0.2) is 11.0 Å². The number of aryl methyl sites for hydroxylation is 2. The normalized spacial score (nSPS) is 10.2. The van der Waals surface area contributed by atoms with Crippen molar-refractivity contribution in [1.29, 1.82) is 0 Å². The summed E-state index contributed by atoms with van der Waals surface area (Å²) < 4.78 is 13.7. The van der Waals surface area contributed by atoms with Crippen LogP contribution in [0, 0.1) is 12.7 Å². The highest BCUT2D eigenvalue weighted by Gasteiger charge is 2.12. The Balaban J connectivity index is 1.93. The van der Waals surface area contributed by atoms with Crippen LogP contribution in [0.3, 0.4) is 0 Å². The van der Waals surface area contributed by atoms with Gasteiger partial charge in [-0.15, -0.1) is 0 Å². The van der Waals surface area contributed by atoms with E-state index in [1.807, 2.05) is 25.1 Å². The van der Waals surface area contributed by atoms with Crippen molar-refractivity contribution in [2.75, 3.05) is 5.32 Å². The molecule has 3 N–H and O–H groups in total. The highest BCUT2D eigenvalue weighted by atomic mass is 35.5. The van der Waals surface area contributed by atoms with Crippen LogP contribution in [0.1, 0.15) is 23.6 Å². The molecule has 7 heteroatoms. The third-order valence-electron chi connectivity index (χ3n) is 3.69. The van der Waals surface area contributed by atoms with Gasteiger partial charge >= 0.3 is 0 Å². The molecule has 0 saturated heterocycles. The van der Waals surface area contributed by atoms with Gasteiger partial charge in [0.15, 0.2) is 5.11 Å². The minimum atomic E-state index is -0.518. The number of carbonyl (C=O) groups is 1. The number of hydrogen-bond acceptors (Lipinski definition) is 2. The molecule has 2 rings (SSSR count). The molecule has 0 aliphatic carbocycles. The predicted octanol–water partition coefficient (Wildman–Crippen LogP) is 3.91. The lowest BCUT2D eigenvalue weighted by atomic mass is 10.1. The minimum Gasteiger partial charge on any atom is -0.331 e. The second-order valence-electron chi connectivity index (χ2n) is 5.47. The Morgan fingerprint density at radius 2 is 1.92 bits per heavy atom. The second-order valence-corrected chi connectivity index (χ2v) is 6.28. The number of anilines is 1. The predicted molar refractivity (Wildman–Crippen MR) is 103 cm³/mol. The van der Waals surface area contributed by atoms with Gasteiger partial charge in [0.25, 0.3) is 0 Å². The molecule has 4 nitrogen and oxygen atoms in total. The fraction of sp³-hybridized carbons (Fsp3) is 0.222. The van der Waals surface area contributed by atoms with Gasteiger partial charge in [0.1, 0.15) is 5.82 Å². The Morgan fingerprint density at radius 1 is 1.20 bits per heavy atom. The van der Waals surface area contributed by atoms with E-state index >= 15 is 0 Å². The first-order valence-electron chi connectivity index (χ1n) is 7.79. The number of hydrogen-bond donors (Lipinski definition) is 3. The van der Waals surface area contributed by atoms with Crippen LogP contribution < -0.4 is 16.2 Å². The summed E-state index contributed by atoms with van der Waals surface area (Å²) in [5, 5.41) is 3.54. The van der Waals surface area contributed by atoms with Crippen molar-refractivity contribution in [3.63, 3.8) is 0 Å². The fourth-order valence-corrected chi connectivity index (χ4v) is 2.76. The Kier molecular flexibility index (Phi) is 6.73. The summed E-state index contributed by atoms with van der Waals surface area (Å²) in [4.78, 5) is 12.0. The SMILES string of the molecule is CCc1cccc(C)c1NC(=S)NNC(=O)Cc1c(F)cccc1Cl. The van der Waals surface area contributed by atoms with Crippen LogP contribution >= 0.6 is 23.8 Å². The number of amides is 1. The first kappa shape index (κ1) is 19.1. The molecule has 0 radical (unpaired) electrons. The number of halogens is 2. The average molecular weight is 380 g/mol. The van der Waals surface area contributed by atoms with E-state index < -0.39 is 11.7 Å². The molecule has 2 aromatic rings. The van der Waals surface area contributed by atoms with E-state index in [1.54, 1.807) is 0 Å². The molecule has 0 fully saturated rings. The third kappa shape index (κ3) is 5.14. The molecule has 25 heavy (non-hydrogen) atoms. The Morgan fingerprint density at radius 3 is 2.60 bits per heavy atom. The number of nitrogens with one attached hydrogen (secondary N) is 3. The van der Waals surface area contributed by atoms with Crippen molar-refractivity contribution in [2.24, 2.45) is 0 Å². The van der Waals surface area contributed by atoms with Gasteiger partial charge in [-0.25, -0.2) is 4.39 Å². The van der Waals surface area contributed by atoms with E-state index in [1.165, 1.54) is 18.2 Å². The second kappa shape index (κ2) is 8.78. The number of thiocarbonyl (C=S) groups is 1. The lowest BCUT2D eigenvalue weighted by Crippen LogP contribution is -2.44. The highest BCUT2D eigenvalue weighted by Crippen LogP contribution is 2.21. The summed E-state index contributed by atoms with van der Waals surface area (Å²) in [5.74, 6) is -0.965. The van der Waals surface area contributed by atoms with E-state index in [2.05, 4.69) is 23.1 Å². The fourth-order valence-electron chi connectivity index (χ4n) is 2.38. The Bertz CT molecular complexity index is 778. The van der Waals surface area contributed by atoms with Gasteiger partial charge in [0.2, 0.25) is 5.91 Å². The van der Waals surface area contributed by atoms with Gasteiger partial charge in [0.05, 0.1) is 6.42 Å². The summed E-state index contributed by atoms with van der Waals surface area (Å²) in [6.45, 7) is 4.03. The van der Waals surface area contributed by atoms with E-state index in [4.69, 9.17) is 23.8 Å². The molecule has 132 valence electrons. The van der Waals surface area contributed by atoms with Crippen LogP contribution in [0.25, 0.3) is 0 Å². The quantitative estimate of drug-likeness (QED) is 0.557. The smallest absolute Gasteiger partial charge is 0.242 e. The van der Waals surface area contributed by atoms with E-state index in [-0.39, 0.29) is 22.1 Å². The van der Waals surface area contributed by atoms with E-state index in [0.29, 0.717) is 0 Å². The molecule has 0 aromatic heterocycles. The van der Waals surface area contributed by atoms with Gasteiger partial charge in [-0.1, -0.05) is 42.8 Å². The van der Waals surface area contributed by atoms with Crippen LogP contribution in [0.15, 0.2) is 36.4 Å². The summed E-state index contributed by atoms with van der Waals surface area (Å²) in [7, 11) is 0. The summed E-state index contributed by atoms with van der Waals surface area (Å²) in [6, 6.07) is 10.3.